The molecule has 7 nitrogen and oxygen atoms in total. The second-order valence-corrected chi connectivity index (χ2v) is 7.92. The van der Waals surface area contributed by atoms with Crippen LogP contribution in [0.15, 0.2) is 46.4 Å². The van der Waals surface area contributed by atoms with Crippen molar-refractivity contribution in [3.63, 3.8) is 0 Å². The van der Waals surface area contributed by atoms with E-state index in [-0.39, 0.29) is 43.4 Å². The Kier molecular flexibility index (Phi) is 5.45. The summed E-state index contributed by atoms with van der Waals surface area (Å²) in [6.45, 7) is 4.61. The summed E-state index contributed by atoms with van der Waals surface area (Å²) in [5.41, 5.74) is 3.25. The number of hydrogen-bond donors (Lipinski definition) is 0. The summed E-state index contributed by atoms with van der Waals surface area (Å²) in [5.74, 6) is 1.10. The monoisotopic (exact) mass is 493 g/mol. The van der Waals surface area contributed by atoms with Gasteiger partial charge in [-0.05, 0) is 29.2 Å². The SMILES string of the molecule is CC(C)[C@@H]1COC(c2[c-]c(C3=N[C@@H]4c5ccccc5C[C@@H]4O3)cc([N+](=O)[O-])c2)=N1.[Rh]. The first kappa shape index (κ1) is 20.7. The Morgan fingerprint density at radius 3 is 2.60 bits per heavy atom. The average Bonchev–Trinajstić information content (AvgIpc) is 3.42. The first-order valence-electron chi connectivity index (χ1n) is 9.75. The van der Waals surface area contributed by atoms with Crippen LogP contribution < -0.4 is 0 Å². The zero-order valence-corrected chi connectivity index (χ0v) is 18.1. The Balaban J connectivity index is 0.00000218. The van der Waals surface area contributed by atoms with Crippen molar-refractivity contribution in [1.82, 2.24) is 0 Å². The quantitative estimate of drug-likeness (QED) is 0.282. The average molecular weight is 493 g/mol. The standard InChI is InChI=1S/C22H20N3O4.Rh/c1-12(2)18-11-28-21(23-18)14-7-15(9-16(8-14)25(26)27)22-24-20-17-6-4-3-5-13(17)10-19(20)29-22;/h3-6,8-9,12,18-20H,10-11H2,1-2H3;/q-1;/t18-,19-,20+;/m0./s1. The summed E-state index contributed by atoms with van der Waals surface area (Å²) >= 11 is 0. The molecule has 8 heteroatoms. The van der Waals surface area contributed by atoms with E-state index < -0.39 is 4.92 Å². The molecular formula is C22H20N3O4Rh-. The Morgan fingerprint density at radius 2 is 1.90 bits per heavy atom. The number of rotatable bonds is 4. The molecule has 2 aromatic rings. The third-order valence-corrected chi connectivity index (χ3v) is 5.64. The normalized spacial score (nSPS) is 23.6. The van der Waals surface area contributed by atoms with Crippen LogP contribution >= 0.6 is 0 Å². The van der Waals surface area contributed by atoms with Gasteiger partial charge in [0.25, 0.3) is 0 Å². The molecule has 0 spiro atoms. The molecule has 3 aliphatic rings. The third-order valence-electron chi connectivity index (χ3n) is 5.64. The van der Waals surface area contributed by atoms with Crippen LogP contribution in [0.5, 0.6) is 0 Å². The topological polar surface area (TPSA) is 86.3 Å². The fourth-order valence-corrected chi connectivity index (χ4v) is 4.00. The summed E-state index contributed by atoms with van der Waals surface area (Å²) in [6.07, 6.45) is 0.700. The Bertz CT molecular complexity index is 1070. The van der Waals surface area contributed by atoms with Crippen LogP contribution in [0.1, 0.15) is 42.1 Å². The van der Waals surface area contributed by atoms with Crippen molar-refractivity contribution in [2.45, 2.75) is 38.5 Å². The van der Waals surface area contributed by atoms with E-state index in [1.54, 1.807) is 0 Å². The van der Waals surface area contributed by atoms with Gasteiger partial charge in [0.2, 0.25) is 5.69 Å². The molecular weight excluding hydrogens is 473 g/mol. The Labute approximate surface area is 187 Å². The molecule has 2 heterocycles. The molecule has 1 aliphatic carbocycles. The molecule has 0 amide bonds. The summed E-state index contributed by atoms with van der Waals surface area (Å²) in [4.78, 5) is 20.4. The summed E-state index contributed by atoms with van der Waals surface area (Å²) in [5, 5.41) is 11.5. The molecule has 157 valence electrons. The minimum atomic E-state index is -0.429. The fourth-order valence-electron chi connectivity index (χ4n) is 4.00. The second kappa shape index (κ2) is 7.91. The van der Waals surface area contributed by atoms with Crippen LogP contribution in [0, 0.1) is 22.1 Å². The van der Waals surface area contributed by atoms with Crippen LogP contribution in [0.2, 0.25) is 0 Å². The van der Waals surface area contributed by atoms with E-state index in [1.165, 1.54) is 17.7 Å². The number of aliphatic imine (C=N–C) groups is 2. The maximum atomic E-state index is 11.5. The van der Waals surface area contributed by atoms with Crippen LogP contribution in [0.25, 0.3) is 0 Å². The maximum Gasteiger partial charge on any atom is 0.207 e. The maximum absolute atomic E-state index is 11.5. The molecule has 3 atom stereocenters. The summed E-state index contributed by atoms with van der Waals surface area (Å²) in [7, 11) is 0. The van der Waals surface area contributed by atoms with Crippen molar-refractivity contribution in [2.75, 3.05) is 6.61 Å². The summed E-state index contributed by atoms with van der Waals surface area (Å²) in [6, 6.07) is 14.2. The number of benzene rings is 2. The Morgan fingerprint density at radius 1 is 1.17 bits per heavy atom. The van der Waals surface area contributed by atoms with Gasteiger partial charge in [-0.2, -0.15) is 0 Å². The molecule has 30 heavy (non-hydrogen) atoms. The van der Waals surface area contributed by atoms with Crippen molar-refractivity contribution >= 4 is 17.5 Å². The predicted octanol–water partition coefficient (Wildman–Crippen LogP) is 3.64. The number of non-ortho nitro benzene ring substituents is 1. The van der Waals surface area contributed by atoms with Gasteiger partial charge < -0.3 is 9.47 Å². The van der Waals surface area contributed by atoms with Gasteiger partial charge in [-0.25, -0.2) is 0 Å². The first-order chi connectivity index (χ1) is 14.0. The van der Waals surface area contributed by atoms with Gasteiger partial charge in [0.05, 0.1) is 6.04 Å². The second-order valence-electron chi connectivity index (χ2n) is 7.92. The van der Waals surface area contributed by atoms with Crippen molar-refractivity contribution in [2.24, 2.45) is 15.9 Å². The molecule has 0 bridgehead atoms. The van der Waals surface area contributed by atoms with Crippen molar-refractivity contribution < 1.29 is 33.9 Å². The molecule has 0 saturated carbocycles. The van der Waals surface area contributed by atoms with Gasteiger partial charge in [-0.1, -0.05) is 49.2 Å². The number of nitro benzene ring substituents is 1. The number of nitrogens with zero attached hydrogens (tertiary/aromatic N) is 3. The Hall–Kier alpha value is -2.60. The van der Waals surface area contributed by atoms with E-state index in [1.807, 2.05) is 12.1 Å². The van der Waals surface area contributed by atoms with E-state index in [9.17, 15) is 10.1 Å². The number of nitro groups is 1. The molecule has 0 aromatic heterocycles. The number of fused-ring (bicyclic) bond motifs is 3. The van der Waals surface area contributed by atoms with Gasteiger partial charge in [0.1, 0.15) is 30.5 Å². The molecule has 0 unspecified atom stereocenters. The fraction of sp³-hybridized carbons (Fsp3) is 0.364. The molecule has 5 rings (SSSR count). The van der Waals surface area contributed by atoms with Gasteiger partial charge >= 0.3 is 0 Å². The third kappa shape index (κ3) is 3.54. The van der Waals surface area contributed by atoms with E-state index in [0.29, 0.717) is 35.4 Å². The molecule has 0 fully saturated rings. The van der Waals surface area contributed by atoms with Crippen molar-refractivity contribution in [3.05, 3.63) is 74.8 Å². The smallest absolute Gasteiger partial charge is 0.207 e. The molecule has 0 N–H and O–H groups in total. The van der Waals surface area contributed by atoms with Crippen molar-refractivity contribution in [1.29, 1.82) is 0 Å². The molecule has 0 saturated heterocycles. The van der Waals surface area contributed by atoms with Crippen molar-refractivity contribution in [3.8, 4) is 0 Å². The molecule has 1 radical (unpaired) electrons. The van der Waals surface area contributed by atoms with E-state index >= 15 is 0 Å². The van der Waals surface area contributed by atoms with E-state index in [0.717, 1.165) is 12.0 Å². The number of hydrogen-bond acceptors (Lipinski definition) is 6. The largest absolute Gasteiger partial charge is 0.510 e. The van der Waals surface area contributed by atoms with Crippen LogP contribution in [0.3, 0.4) is 0 Å². The van der Waals surface area contributed by atoms with Crippen LogP contribution in [0.4, 0.5) is 5.69 Å². The van der Waals surface area contributed by atoms with E-state index in [4.69, 9.17) is 14.5 Å². The minimum Gasteiger partial charge on any atom is -0.510 e. The number of ether oxygens (including phenoxy) is 2. The molecule has 2 aliphatic heterocycles. The summed E-state index contributed by atoms with van der Waals surface area (Å²) < 4.78 is 11.8. The zero-order chi connectivity index (χ0) is 20.1. The van der Waals surface area contributed by atoms with E-state index in [2.05, 4.69) is 37.0 Å². The van der Waals surface area contributed by atoms with Gasteiger partial charge in [0, 0.05) is 30.8 Å². The van der Waals surface area contributed by atoms with Gasteiger partial charge in [-0.15, -0.1) is 6.07 Å². The molecule has 2 aromatic carbocycles. The zero-order valence-electron chi connectivity index (χ0n) is 16.5. The van der Waals surface area contributed by atoms with Gasteiger partial charge in [0.15, 0.2) is 0 Å². The predicted molar refractivity (Wildman–Crippen MR) is 107 cm³/mol. The van der Waals surface area contributed by atoms with Gasteiger partial charge in [-0.3, -0.25) is 20.1 Å². The first-order valence-corrected chi connectivity index (χ1v) is 9.75. The van der Waals surface area contributed by atoms with Crippen LogP contribution in [-0.4, -0.2) is 35.5 Å². The van der Waals surface area contributed by atoms with Crippen LogP contribution in [-0.2, 0) is 35.4 Å². The minimum absolute atomic E-state index is 0.